The Bertz CT molecular complexity index is 819. The lowest BCUT2D eigenvalue weighted by Gasteiger charge is -2.48. The van der Waals surface area contributed by atoms with Gasteiger partial charge in [0.05, 0.1) is 0 Å². The fourth-order valence-corrected chi connectivity index (χ4v) is 4.44. The summed E-state index contributed by atoms with van der Waals surface area (Å²) in [4.78, 5) is 2.44. The molecule has 0 heterocycles. The second-order valence-electron chi connectivity index (χ2n) is 9.37. The Labute approximate surface area is 191 Å². The van der Waals surface area contributed by atoms with E-state index in [4.69, 9.17) is 0 Å². The lowest BCUT2D eigenvalue weighted by molar-refractivity contribution is 0.145. The first kappa shape index (κ1) is 24.9. The fraction of sp³-hybridized carbons (Fsp3) is 0.448. The molecular weight excluding hydrogens is 376 g/mol. The minimum Gasteiger partial charge on any atom is -0.337 e. The molecule has 168 valence electrons. The smallest absolute Gasteiger partial charge is 0.0438 e. The highest BCUT2D eigenvalue weighted by atomic mass is 15.2. The van der Waals surface area contributed by atoms with E-state index >= 15 is 0 Å². The Morgan fingerprint density at radius 1 is 0.935 bits per heavy atom. The number of hydrogen-bond acceptors (Lipinski definition) is 2. The van der Waals surface area contributed by atoms with Crippen LogP contribution < -0.4 is 10.2 Å². The molecule has 0 radical (unpaired) electrons. The molecule has 2 heteroatoms. The molecule has 2 aromatic carbocycles. The molecule has 31 heavy (non-hydrogen) atoms. The Kier molecular flexibility index (Phi) is 8.31. The van der Waals surface area contributed by atoms with E-state index in [1.54, 1.807) is 0 Å². The van der Waals surface area contributed by atoms with Gasteiger partial charge in [-0.3, -0.25) is 0 Å². The molecule has 2 rings (SSSR count). The van der Waals surface area contributed by atoms with Crippen molar-refractivity contribution in [2.75, 3.05) is 11.4 Å². The summed E-state index contributed by atoms with van der Waals surface area (Å²) in [6.45, 7) is 24.9. The Morgan fingerprint density at radius 2 is 1.39 bits per heavy atom. The van der Waals surface area contributed by atoms with Crippen molar-refractivity contribution in [1.82, 2.24) is 5.32 Å². The van der Waals surface area contributed by atoms with Gasteiger partial charge in [0.25, 0.3) is 0 Å². The molecule has 2 nitrogen and oxygen atoms in total. The number of nitrogens with one attached hydrogen (secondary N) is 1. The number of nitrogens with zero attached hydrogens (tertiary/aromatic N) is 1. The fourth-order valence-electron chi connectivity index (χ4n) is 4.44. The molecule has 0 aliphatic rings. The minimum atomic E-state index is -0.0759. The maximum atomic E-state index is 4.34. The maximum absolute atomic E-state index is 4.34. The summed E-state index contributed by atoms with van der Waals surface area (Å²) >= 11 is 0. The quantitative estimate of drug-likeness (QED) is 0.375. The standard InChI is InChI=1S/C29H42N2/c1-10-24(6)28(8,11-2)29(9,12-3)30-21-25(7)31(26-17-13-22(4)14-18-26)27-19-15-23(5)16-20-27/h10,13-20,25,30H,1,6,11-12,21H2,2-5,7-9H3/t25-,28?,29?/m1/s1. The van der Waals surface area contributed by atoms with Crippen LogP contribution in [0.1, 0.15) is 58.6 Å². The van der Waals surface area contributed by atoms with Crippen molar-refractivity contribution in [2.45, 2.75) is 72.9 Å². The second-order valence-corrected chi connectivity index (χ2v) is 9.37. The van der Waals surface area contributed by atoms with E-state index in [1.165, 1.54) is 22.5 Å². The zero-order valence-electron chi connectivity index (χ0n) is 20.8. The number of aryl methyl sites for hydroxylation is 2. The van der Waals surface area contributed by atoms with E-state index in [-0.39, 0.29) is 17.0 Å². The Hall–Kier alpha value is -2.32. The van der Waals surface area contributed by atoms with Gasteiger partial charge in [-0.15, -0.1) is 0 Å². The van der Waals surface area contributed by atoms with Gasteiger partial charge in [-0.2, -0.15) is 0 Å². The summed E-state index contributed by atoms with van der Waals surface area (Å²) in [5.74, 6) is 0. The van der Waals surface area contributed by atoms with Gasteiger partial charge in [-0.25, -0.2) is 0 Å². The van der Waals surface area contributed by atoms with Crippen LogP contribution in [0.2, 0.25) is 0 Å². The van der Waals surface area contributed by atoms with E-state index in [0.29, 0.717) is 0 Å². The van der Waals surface area contributed by atoms with Crippen LogP contribution in [0.25, 0.3) is 0 Å². The largest absolute Gasteiger partial charge is 0.337 e. The molecule has 0 aliphatic carbocycles. The van der Waals surface area contributed by atoms with Crippen molar-refractivity contribution >= 4 is 11.4 Å². The maximum Gasteiger partial charge on any atom is 0.0438 e. The van der Waals surface area contributed by atoms with Gasteiger partial charge >= 0.3 is 0 Å². The van der Waals surface area contributed by atoms with Crippen LogP contribution in [0.3, 0.4) is 0 Å². The van der Waals surface area contributed by atoms with E-state index in [0.717, 1.165) is 25.0 Å². The highest BCUT2D eigenvalue weighted by molar-refractivity contribution is 5.64. The van der Waals surface area contributed by atoms with Gasteiger partial charge in [0.1, 0.15) is 0 Å². The van der Waals surface area contributed by atoms with E-state index < -0.39 is 0 Å². The molecule has 0 fully saturated rings. The molecule has 2 unspecified atom stereocenters. The third-order valence-corrected chi connectivity index (χ3v) is 7.44. The Morgan fingerprint density at radius 3 is 1.74 bits per heavy atom. The molecule has 0 saturated carbocycles. The van der Waals surface area contributed by atoms with Gasteiger partial charge < -0.3 is 10.2 Å². The molecule has 0 saturated heterocycles. The zero-order valence-corrected chi connectivity index (χ0v) is 20.8. The highest BCUT2D eigenvalue weighted by Crippen LogP contribution is 2.43. The monoisotopic (exact) mass is 418 g/mol. The van der Waals surface area contributed by atoms with Gasteiger partial charge in [-0.1, -0.05) is 75.4 Å². The van der Waals surface area contributed by atoms with Crippen LogP contribution in [-0.4, -0.2) is 18.1 Å². The normalized spacial score (nSPS) is 16.1. The average Bonchev–Trinajstić information content (AvgIpc) is 2.78. The van der Waals surface area contributed by atoms with Crippen LogP contribution in [0.4, 0.5) is 11.4 Å². The molecular formula is C29H42N2. The first-order valence-electron chi connectivity index (χ1n) is 11.6. The summed E-state index contributed by atoms with van der Waals surface area (Å²) in [5.41, 5.74) is 5.96. The number of allylic oxidation sites excluding steroid dienone is 1. The summed E-state index contributed by atoms with van der Waals surface area (Å²) < 4.78 is 0. The third-order valence-electron chi connectivity index (χ3n) is 7.44. The van der Waals surface area contributed by atoms with Crippen molar-refractivity contribution < 1.29 is 0 Å². The van der Waals surface area contributed by atoms with E-state index in [1.807, 2.05) is 6.08 Å². The van der Waals surface area contributed by atoms with Crippen molar-refractivity contribution in [3.8, 4) is 0 Å². The molecule has 1 N–H and O–H groups in total. The van der Waals surface area contributed by atoms with Crippen molar-refractivity contribution in [3.63, 3.8) is 0 Å². The zero-order chi connectivity index (χ0) is 23.2. The van der Waals surface area contributed by atoms with Crippen LogP contribution in [0, 0.1) is 19.3 Å². The summed E-state index contributed by atoms with van der Waals surface area (Å²) in [6.07, 6.45) is 3.96. The topological polar surface area (TPSA) is 15.3 Å². The predicted octanol–water partition coefficient (Wildman–Crippen LogP) is 7.75. The van der Waals surface area contributed by atoms with Crippen LogP contribution in [-0.2, 0) is 0 Å². The highest BCUT2D eigenvalue weighted by Gasteiger charge is 2.43. The SMILES string of the molecule is C=CC(=C)C(C)(CC)C(C)(CC)NC[C@@H](C)N(c1ccc(C)cc1)c1ccc(C)cc1. The van der Waals surface area contributed by atoms with Crippen molar-refractivity contribution in [3.05, 3.63) is 84.5 Å². The number of hydrogen-bond donors (Lipinski definition) is 1. The van der Waals surface area contributed by atoms with E-state index in [9.17, 15) is 0 Å². The van der Waals surface area contributed by atoms with Gasteiger partial charge in [0.15, 0.2) is 0 Å². The molecule has 3 atom stereocenters. The third kappa shape index (κ3) is 5.30. The molecule has 0 bridgehead atoms. The number of anilines is 2. The Balaban J connectivity index is 2.35. The molecule has 0 aromatic heterocycles. The van der Waals surface area contributed by atoms with Gasteiger partial charge in [0, 0.05) is 34.9 Å². The first-order valence-corrected chi connectivity index (χ1v) is 11.6. The van der Waals surface area contributed by atoms with E-state index in [2.05, 4.69) is 120 Å². The second kappa shape index (κ2) is 10.3. The minimum absolute atomic E-state index is 0.0538. The summed E-state index contributed by atoms with van der Waals surface area (Å²) in [5, 5.41) is 3.94. The molecule has 0 aliphatic heterocycles. The molecule has 0 spiro atoms. The van der Waals surface area contributed by atoms with Gasteiger partial charge in [0.2, 0.25) is 0 Å². The number of rotatable bonds is 11. The van der Waals surface area contributed by atoms with Crippen LogP contribution in [0.15, 0.2) is 73.3 Å². The predicted molar refractivity (Wildman–Crippen MR) is 138 cm³/mol. The molecule has 2 aromatic rings. The molecule has 0 amide bonds. The van der Waals surface area contributed by atoms with Crippen LogP contribution >= 0.6 is 0 Å². The first-order chi connectivity index (χ1) is 14.6. The number of benzene rings is 2. The lowest BCUT2D eigenvalue weighted by atomic mass is 9.64. The average molecular weight is 419 g/mol. The lowest BCUT2D eigenvalue weighted by Crippen LogP contribution is -2.57. The summed E-state index contributed by atoms with van der Waals surface area (Å²) in [6, 6.07) is 17.9. The summed E-state index contributed by atoms with van der Waals surface area (Å²) in [7, 11) is 0. The van der Waals surface area contributed by atoms with Crippen molar-refractivity contribution in [1.29, 1.82) is 0 Å². The van der Waals surface area contributed by atoms with Crippen LogP contribution in [0.5, 0.6) is 0 Å². The van der Waals surface area contributed by atoms with Crippen molar-refractivity contribution in [2.24, 2.45) is 5.41 Å². The van der Waals surface area contributed by atoms with Gasteiger partial charge in [-0.05, 0) is 70.4 Å².